The lowest BCUT2D eigenvalue weighted by atomic mass is 9.79. The highest BCUT2D eigenvalue weighted by Gasteiger charge is 2.23. The van der Waals surface area contributed by atoms with E-state index in [1.807, 2.05) is 6.07 Å². The lowest BCUT2D eigenvalue weighted by Crippen LogP contribution is -2.27. The predicted octanol–water partition coefficient (Wildman–Crippen LogP) is 4.98. The number of anilines is 1. The normalized spacial score (nSPS) is 22.8. The maximum absolute atomic E-state index is 10.9. The molecule has 0 bridgehead atoms. The Hall–Kier alpha value is -1.10. The maximum atomic E-state index is 10.9. The van der Waals surface area contributed by atoms with Crippen LogP contribution in [0, 0.1) is 22.0 Å². The van der Waals surface area contributed by atoms with Gasteiger partial charge in [0.25, 0.3) is 5.69 Å². The van der Waals surface area contributed by atoms with Crippen molar-refractivity contribution >= 4 is 27.3 Å². The third-order valence-corrected chi connectivity index (χ3v) is 4.90. The molecule has 4 nitrogen and oxygen atoms in total. The predicted molar refractivity (Wildman–Crippen MR) is 85.0 cm³/mol. The second-order valence-electron chi connectivity index (χ2n) is 5.92. The van der Waals surface area contributed by atoms with Crippen molar-refractivity contribution < 1.29 is 4.92 Å². The van der Waals surface area contributed by atoms with Crippen LogP contribution in [0.4, 0.5) is 11.4 Å². The Kier molecular flexibility index (Phi) is 5.02. The summed E-state index contributed by atoms with van der Waals surface area (Å²) in [5, 5.41) is 14.4. The van der Waals surface area contributed by atoms with E-state index in [4.69, 9.17) is 0 Å². The largest absolute Gasteiger partial charge is 0.382 e. The Morgan fingerprint density at radius 3 is 2.50 bits per heavy atom. The topological polar surface area (TPSA) is 55.2 Å². The van der Waals surface area contributed by atoms with Gasteiger partial charge in [0.05, 0.1) is 9.40 Å². The van der Waals surface area contributed by atoms with Crippen LogP contribution < -0.4 is 5.32 Å². The molecule has 5 heteroatoms. The Morgan fingerprint density at radius 1 is 1.30 bits per heavy atom. The van der Waals surface area contributed by atoms with E-state index < -0.39 is 0 Å². The van der Waals surface area contributed by atoms with Gasteiger partial charge in [0.1, 0.15) is 0 Å². The molecule has 1 aliphatic carbocycles. The number of benzene rings is 1. The SMILES string of the molecule is CC(C)C1CCC(Nc2ccc(Br)c([N+](=O)[O-])c2)CC1. The first-order valence-corrected chi connectivity index (χ1v) is 7.97. The molecule has 0 saturated heterocycles. The minimum Gasteiger partial charge on any atom is -0.382 e. The van der Waals surface area contributed by atoms with E-state index in [0.717, 1.165) is 30.4 Å². The molecule has 0 heterocycles. The molecule has 0 aromatic heterocycles. The number of halogens is 1. The van der Waals surface area contributed by atoms with Crippen molar-refractivity contribution in [3.63, 3.8) is 0 Å². The Balaban J connectivity index is 1.98. The second-order valence-corrected chi connectivity index (χ2v) is 6.78. The molecule has 1 aliphatic rings. The summed E-state index contributed by atoms with van der Waals surface area (Å²) >= 11 is 3.21. The standard InChI is InChI=1S/C15H21BrN2O2/c1-10(2)11-3-5-12(6-4-11)17-13-7-8-14(16)15(9-13)18(19)20/h7-12,17H,3-6H2,1-2H3. The summed E-state index contributed by atoms with van der Waals surface area (Å²) in [7, 11) is 0. The van der Waals surface area contributed by atoms with Gasteiger partial charge in [-0.15, -0.1) is 0 Å². The second kappa shape index (κ2) is 6.57. The first-order chi connectivity index (χ1) is 9.47. The van der Waals surface area contributed by atoms with E-state index in [0.29, 0.717) is 10.5 Å². The Bertz CT molecular complexity index is 483. The fraction of sp³-hybridized carbons (Fsp3) is 0.600. The molecule has 1 aromatic carbocycles. The molecule has 0 spiro atoms. The molecule has 0 aliphatic heterocycles. The molecule has 20 heavy (non-hydrogen) atoms. The van der Waals surface area contributed by atoms with Gasteiger partial charge in [-0.1, -0.05) is 13.8 Å². The number of nitrogens with zero attached hydrogens (tertiary/aromatic N) is 1. The van der Waals surface area contributed by atoms with Crippen molar-refractivity contribution in [2.45, 2.75) is 45.6 Å². The van der Waals surface area contributed by atoms with E-state index in [1.165, 1.54) is 12.8 Å². The molecule has 1 N–H and O–H groups in total. The highest BCUT2D eigenvalue weighted by atomic mass is 79.9. The molecule has 1 saturated carbocycles. The van der Waals surface area contributed by atoms with Crippen molar-refractivity contribution in [3.05, 3.63) is 32.8 Å². The van der Waals surface area contributed by atoms with Crippen LogP contribution in [0.5, 0.6) is 0 Å². The fourth-order valence-corrected chi connectivity index (χ4v) is 3.30. The summed E-state index contributed by atoms with van der Waals surface area (Å²) < 4.78 is 0.525. The van der Waals surface area contributed by atoms with Crippen molar-refractivity contribution in [2.24, 2.45) is 11.8 Å². The minimum absolute atomic E-state index is 0.117. The Morgan fingerprint density at radius 2 is 1.95 bits per heavy atom. The highest BCUT2D eigenvalue weighted by Crippen LogP contribution is 2.33. The fourth-order valence-electron chi connectivity index (χ4n) is 2.91. The van der Waals surface area contributed by atoms with Crippen LogP contribution in [0.1, 0.15) is 39.5 Å². The van der Waals surface area contributed by atoms with Crippen LogP contribution in [-0.2, 0) is 0 Å². The van der Waals surface area contributed by atoms with Gasteiger partial charge in [-0.2, -0.15) is 0 Å². The van der Waals surface area contributed by atoms with Crippen molar-refractivity contribution in [2.75, 3.05) is 5.32 Å². The summed E-state index contributed by atoms with van der Waals surface area (Å²) in [6, 6.07) is 5.68. The smallest absolute Gasteiger partial charge is 0.285 e. The molecule has 0 atom stereocenters. The van der Waals surface area contributed by atoms with Gasteiger partial charge >= 0.3 is 0 Å². The number of hydrogen-bond donors (Lipinski definition) is 1. The monoisotopic (exact) mass is 340 g/mol. The summed E-state index contributed by atoms with van der Waals surface area (Å²) in [4.78, 5) is 10.6. The first kappa shape index (κ1) is 15.3. The average Bonchev–Trinajstić information content (AvgIpc) is 2.41. The molecule has 2 rings (SSSR count). The van der Waals surface area contributed by atoms with Gasteiger partial charge < -0.3 is 5.32 Å². The van der Waals surface area contributed by atoms with Crippen LogP contribution in [0.2, 0.25) is 0 Å². The molecule has 0 unspecified atom stereocenters. The number of hydrogen-bond acceptors (Lipinski definition) is 3. The summed E-state index contributed by atoms with van der Waals surface area (Å²) in [6.07, 6.45) is 4.78. The van der Waals surface area contributed by atoms with E-state index in [1.54, 1.807) is 12.1 Å². The molecule has 1 aromatic rings. The van der Waals surface area contributed by atoms with Gasteiger partial charge in [0.2, 0.25) is 0 Å². The van der Waals surface area contributed by atoms with Crippen LogP contribution in [0.3, 0.4) is 0 Å². The van der Waals surface area contributed by atoms with Gasteiger partial charge in [0.15, 0.2) is 0 Å². The van der Waals surface area contributed by atoms with E-state index in [2.05, 4.69) is 35.1 Å². The molecule has 0 amide bonds. The van der Waals surface area contributed by atoms with Crippen molar-refractivity contribution in [1.29, 1.82) is 0 Å². The van der Waals surface area contributed by atoms with Crippen LogP contribution >= 0.6 is 15.9 Å². The van der Waals surface area contributed by atoms with Crippen LogP contribution in [0.15, 0.2) is 22.7 Å². The highest BCUT2D eigenvalue weighted by molar-refractivity contribution is 9.10. The van der Waals surface area contributed by atoms with Gasteiger partial charge in [-0.05, 0) is 65.6 Å². The molecular formula is C15H21BrN2O2. The quantitative estimate of drug-likeness (QED) is 0.620. The molecule has 0 radical (unpaired) electrons. The van der Waals surface area contributed by atoms with E-state index in [-0.39, 0.29) is 10.6 Å². The number of nitrogens with one attached hydrogen (secondary N) is 1. The van der Waals surface area contributed by atoms with Gasteiger partial charge in [0, 0.05) is 17.8 Å². The summed E-state index contributed by atoms with van der Waals surface area (Å²) in [5.41, 5.74) is 0.957. The summed E-state index contributed by atoms with van der Waals surface area (Å²) in [6.45, 7) is 4.58. The average molecular weight is 341 g/mol. The molecular weight excluding hydrogens is 320 g/mol. The van der Waals surface area contributed by atoms with Crippen LogP contribution in [-0.4, -0.2) is 11.0 Å². The van der Waals surface area contributed by atoms with E-state index in [9.17, 15) is 10.1 Å². The van der Waals surface area contributed by atoms with Gasteiger partial charge in [-0.3, -0.25) is 10.1 Å². The zero-order valence-electron chi connectivity index (χ0n) is 11.9. The zero-order chi connectivity index (χ0) is 14.7. The van der Waals surface area contributed by atoms with Crippen molar-refractivity contribution in [3.8, 4) is 0 Å². The number of nitro groups is 1. The maximum Gasteiger partial charge on any atom is 0.285 e. The zero-order valence-corrected chi connectivity index (χ0v) is 13.5. The Labute approximate surface area is 128 Å². The van der Waals surface area contributed by atoms with Crippen molar-refractivity contribution in [1.82, 2.24) is 0 Å². The van der Waals surface area contributed by atoms with Crippen LogP contribution in [0.25, 0.3) is 0 Å². The number of nitro benzene ring substituents is 1. The first-order valence-electron chi connectivity index (χ1n) is 7.18. The molecule has 1 fully saturated rings. The number of rotatable bonds is 4. The van der Waals surface area contributed by atoms with Gasteiger partial charge in [-0.25, -0.2) is 0 Å². The lowest BCUT2D eigenvalue weighted by Gasteiger charge is -2.31. The lowest BCUT2D eigenvalue weighted by molar-refractivity contribution is -0.385. The van der Waals surface area contributed by atoms with E-state index >= 15 is 0 Å². The third-order valence-electron chi connectivity index (χ3n) is 4.23. The molecule has 110 valence electrons. The summed E-state index contributed by atoms with van der Waals surface area (Å²) in [5.74, 6) is 1.58. The minimum atomic E-state index is -0.356. The third kappa shape index (κ3) is 3.72.